The zero-order chi connectivity index (χ0) is 23.9. The Balaban J connectivity index is 1.65. The molecule has 10 nitrogen and oxygen atoms in total. The van der Waals surface area contributed by atoms with Gasteiger partial charge in [-0.15, -0.1) is 0 Å². The van der Waals surface area contributed by atoms with Gasteiger partial charge in [0.25, 0.3) is 11.2 Å². The molecule has 0 aliphatic heterocycles. The number of aromatic amines is 1. The molecule has 4 rings (SSSR count). The zero-order valence-electron chi connectivity index (χ0n) is 17.4. The third-order valence-electron chi connectivity index (χ3n) is 4.51. The van der Waals surface area contributed by atoms with Crippen LogP contribution in [0.4, 0.5) is 11.6 Å². The normalized spacial score (nSPS) is 10.7. The summed E-state index contributed by atoms with van der Waals surface area (Å²) < 4.78 is 0. The fourth-order valence-electron chi connectivity index (χ4n) is 2.96. The van der Waals surface area contributed by atoms with Crippen molar-refractivity contribution < 1.29 is 4.92 Å². The number of hydrazone groups is 1. The summed E-state index contributed by atoms with van der Waals surface area (Å²) in [5, 5.41) is 25.4. The van der Waals surface area contributed by atoms with E-state index in [1.165, 1.54) is 30.1 Å². The van der Waals surface area contributed by atoms with Gasteiger partial charge < -0.3 is 0 Å². The van der Waals surface area contributed by atoms with Crippen molar-refractivity contribution in [1.82, 2.24) is 15.0 Å². The number of nitrogens with zero attached hydrogens (tertiary/aromatic N) is 5. The van der Waals surface area contributed by atoms with Gasteiger partial charge in [0.1, 0.15) is 16.7 Å². The van der Waals surface area contributed by atoms with E-state index in [0.29, 0.717) is 21.0 Å². The highest BCUT2D eigenvalue weighted by molar-refractivity contribution is 7.99. The third-order valence-corrected chi connectivity index (χ3v) is 5.55. The molecule has 0 amide bonds. The standard InChI is InChI=1S/C23H15N7O3S/c24-13-18-21(15-6-2-1-3-7-15)27-23(28-22(18)31)29-26-14-16-12-17(30(32)33)9-10-19(16)34-20-8-4-5-11-25-20/h1-12,14H,(H2,27,28,29,31). The first kappa shape index (κ1) is 22.4. The van der Waals surface area contributed by atoms with Crippen molar-refractivity contribution >= 4 is 29.6 Å². The number of nitrogens with one attached hydrogen (secondary N) is 2. The predicted octanol–water partition coefficient (Wildman–Crippen LogP) is 4.21. The molecule has 0 saturated carbocycles. The van der Waals surface area contributed by atoms with Crippen LogP contribution in [0.2, 0.25) is 0 Å². The molecule has 4 aromatic rings. The van der Waals surface area contributed by atoms with E-state index in [1.807, 2.05) is 24.3 Å². The van der Waals surface area contributed by atoms with Gasteiger partial charge in [-0.05, 0) is 18.2 Å². The van der Waals surface area contributed by atoms with Crippen LogP contribution in [0.3, 0.4) is 0 Å². The van der Waals surface area contributed by atoms with Crippen LogP contribution >= 0.6 is 11.8 Å². The van der Waals surface area contributed by atoms with Crippen molar-refractivity contribution in [1.29, 1.82) is 5.26 Å². The topological polar surface area (TPSA) is 150 Å². The van der Waals surface area contributed by atoms with Crippen molar-refractivity contribution in [2.24, 2.45) is 5.10 Å². The van der Waals surface area contributed by atoms with E-state index in [0.717, 1.165) is 0 Å². The highest BCUT2D eigenvalue weighted by atomic mass is 32.2. The van der Waals surface area contributed by atoms with Gasteiger partial charge in [0.2, 0.25) is 5.95 Å². The summed E-state index contributed by atoms with van der Waals surface area (Å²) in [5.74, 6) is 0.0171. The molecule has 166 valence electrons. The lowest BCUT2D eigenvalue weighted by atomic mass is 10.1. The number of pyridine rings is 1. The molecule has 2 aromatic carbocycles. The molecule has 0 saturated heterocycles. The fourth-order valence-corrected chi connectivity index (χ4v) is 3.81. The fraction of sp³-hybridized carbons (Fsp3) is 0. The highest BCUT2D eigenvalue weighted by Crippen LogP contribution is 2.30. The second-order valence-electron chi connectivity index (χ2n) is 6.74. The monoisotopic (exact) mass is 469 g/mol. The van der Waals surface area contributed by atoms with Gasteiger partial charge in [-0.1, -0.05) is 48.2 Å². The summed E-state index contributed by atoms with van der Waals surface area (Å²) in [6, 6.07) is 20.6. The second-order valence-corrected chi connectivity index (χ2v) is 7.80. The van der Waals surface area contributed by atoms with E-state index >= 15 is 0 Å². The third kappa shape index (κ3) is 5.14. The number of anilines is 1. The summed E-state index contributed by atoms with van der Waals surface area (Å²) in [6.45, 7) is 0. The second kappa shape index (κ2) is 10.2. The van der Waals surface area contributed by atoms with Crippen molar-refractivity contribution in [3.8, 4) is 17.3 Å². The van der Waals surface area contributed by atoms with E-state index < -0.39 is 10.5 Å². The molecule has 34 heavy (non-hydrogen) atoms. The maximum Gasteiger partial charge on any atom is 0.270 e. The Morgan fingerprint density at radius 2 is 1.94 bits per heavy atom. The summed E-state index contributed by atoms with van der Waals surface area (Å²) in [5.41, 5.74) is 3.09. The van der Waals surface area contributed by atoms with Crippen molar-refractivity contribution in [2.75, 3.05) is 5.43 Å². The molecule has 2 heterocycles. The first-order valence-corrected chi connectivity index (χ1v) is 10.6. The number of nitro groups is 1. The minimum atomic E-state index is -0.615. The van der Waals surface area contributed by atoms with Gasteiger partial charge in [0.15, 0.2) is 0 Å². The first-order valence-electron chi connectivity index (χ1n) is 9.81. The van der Waals surface area contributed by atoms with Gasteiger partial charge in [-0.2, -0.15) is 10.4 Å². The number of rotatable bonds is 7. The molecule has 0 spiro atoms. The minimum absolute atomic E-state index is 0.0171. The Bertz CT molecular complexity index is 1470. The summed E-state index contributed by atoms with van der Waals surface area (Å²) in [7, 11) is 0. The molecule has 2 N–H and O–H groups in total. The predicted molar refractivity (Wildman–Crippen MR) is 128 cm³/mol. The number of hydrogen-bond donors (Lipinski definition) is 2. The van der Waals surface area contributed by atoms with Crippen LogP contribution in [0, 0.1) is 21.4 Å². The van der Waals surface area contributed by atoms with E-state index in [4.69, 9.17) is 0 Å². The van der Waals surface area contributed by atoms with Crippen LogP contribution in [0.15, 0.2) is 92.7 Å². The van der Waals surface area contributed by atoms with Gasteiger partial charge in [-0.25, -0.2) is 15.4 Å². The number of H-pyrrole nitrogens is 1. The number of benzene rings is 2. The molecule has 0 radical (unpaired) electrons. The number of non-ortho nitro benzene ring substituents is 1. The molecule has 11 heteroatoms. The lowest BCUT2D eigenvalue weighted by molar-refractivity contribution is -0.384. The molecular weight excluding hydrogens is 454 g/mol. The van der Waals surface area contributed by atoms with Crippen molar-refractivity contribution in [3.05, 3.63) is 105 Å². The molecule has 0 aliphatic carbocycles. The minimum Gasteiger partial charge on any atom is -0.290 e. The van der Waals surface area contributed by atoms with Crippen molar-refractivity contribution in [2.45, 2.75) is 9.92 Å². The number of aromatic nitrogens is 3. The Morgan fingerprint density at radius 1 is 1.15 bits per heavy atom. The van der Waals surface area contributed by atoms with Crippen LogP contribution < -0.4 is 11.0 Å². The molecule has 0 atom stereocenters. The van der Waals surface area contributed by atoms with Gasteiger partial charge in [0.05, 0.1) is 16.8 Å². The van der Waals surface area contributed by atoms with E-state index in [9.17, 15) is 20.2 Å². The summed E-state index contributed by atoms with van der Waals surface area (Å²) >= 11 is 1.33. The molecule has 0 unspecified atom stereocenters. The Kier molecular flexibility index (Phi) is 6.71. The molecule has 2 aromatic heterocycles. The number of nitriles is 1. The lowest BCUT2D eigenvalue weighted by Crippen LogP contribution is -2.16. The van der Waals surface area contributed by atoms with Gasteiger partial charge in [0, 0.05) is 34.4 Å². The number of nitro benzene ring substituents is 1. The quantitative estimate of drug-likeness (QED) is 0.232. The molecule has 0 aliphatic rings. The molecule has 0 fully saturated rings. The van der Waals surface area contributed by atoms with Crippen LogP contribution in [0.5, 0.6) is 0 Å². The lowest BCUT2D eigenvalue weighted by Gasteiger charge is -2.07. The van der Waals surface area contributed by atoms with Crippen LogP contribution in [-0.4, -0.2) is 26.1 Å². The number of hydrogen-bond acceptors (Lipinski definition) is 9. The van der Waals surface area contributed by atoms with Crippen LogP contribution in [0.25, 0.3) is 11.3 Å². The highest BCUT2D eigenvalue weighted by Gasteiger charge is 2.14. The van der Waals surface area contributed by atoms with Crippen LogP contribution in [0.1, 0.15) is 11.1 Å². The first-order chi connectivity index (χ1) is 16.5. The van der Waals surface area contributed by atoms with Crippen LogP contribution in [-0.2, 0) is 0 Å². The zero-order valence-corrected chi connectivity index (χ0v) is 18.2. The van der Waals surface area contributed by atoms with E-state index in [-0.39, 0.29) is 22.9 Å². The van der Waals surface area contributed by atoms with Crippen molar-refractivity contribution in [3.63, 3.8) is 0 Å². The molecule has 0 bridgehead atoms. The van der Waals surface area contributed by atoms with Gasteiger partial charge in [-0.3, -0.25) is 19.9 Å². The van der Waals surface area contributed by atoms with E-state index in [1.54, 1.807) is 42.6 Å². The van der Waals surface area contributed by atoms with Gasteiger partial charge >= 0.3 is 0 Å². The molecular formula is C23H15N7O3S. The Hall–Kier alpha value is -4.82. The smallest absolute Gasteiger partial charge is 0.270 e. The average molecular weight is 469 g/mol. The van der Waals surface area contributed by atoms with E-state index in [2.05, 4.69) is 25.5 Å². The largest absolute Gasteiger partial charge is 0.290 e. The maximum atomic E-state index is 12.4. The summed E-state index contributed by atoms with van der Waals surface area (Å²) in [6.07, 6.45) is 3.04. The summed E-state index contributed by atoms with van der Waals surface area (Å²) in [4.78, 5) is 34.9. The average Bonchev–Trinajstić information content (AvgIpc) is 2.85. The Morgan fingerprint density at radius 3 is 2.65 bits per heavy atom. The SMILES string of the molecule is N#Cc1c(-c2ccccc2)nc(NN=Cc2cc([N+](=O)[O-])ccc2Sc2ccccn2)[nH]c1=O. The maximum absolute atomic E-state index is 12.4. The Labute approximate surface area is 197 Å².